The van der Waals surface area contributed by atoms with Crippen molar-refractivity contribution in [1.29, 1.82) is 0 Å². The van der Waals surface area contributed by atoms with Gasteiger partial charge in [0.15, 0.2) is 15.0 Å². The molecule has 2 saturated heterocycles. The van der Waals surface area contributed by atoms with Gasteiger partial charge in [0, 0.05) is 16.5 Å². The van der Waals surface area contributed by atoms with Crippen LogP contribution in [0, 0.1) is 0 Å². The fourth-order valence-electron chi connectivity index (χ4n) is 3.41. The van der Waals surface area contributed by atoms with Crippen LogP contribution < -0.4 is 9.64 Å². The fraction of sp³-hybridized carbons (Fsp3) is 0.263. The quantitative estimate of drug-likeness (QED) is 0.704. The molecule has 0 N–H and O–H groups in total. The number of carbonyl (C=O) groups is 1. The lowest BCUT2D eigenvalue weighted by atomic mass is 10.2. The second-order valence-electron chi connectivity index (χ2n) is 6.78. The molecule has 1 amide bonds. The molecule has 0 spiro atoms. The highest BCUT2D eigenvalue weighted by molar-refractivity contribution is 8.16. The Morgan fingerprint density at radius 1 is 1.07 bits per heavy atom. The van der Waals surface area contributed by atoms with Crippen LogP contribution in [0.25, 0.3) is 0 Å². The molecule has 0 unspecified atom stereocenters. The molecule has 2 fully saturated rings. The highest BCUT2D eigenvalue weighted by Crippen LogP contribution is 2.41. The van der Waals surface area contributed by atoms with Crippen molar-refractivity contribution in [1.82, 2.24) is 0 Å². The number of rotatable bonds is 3. The molecule has 0 bridgehead atoms. The molecule has 0 aliphatic carbocycles. The van der Waals surface area contributed by atoms with E-state index in [4.69, 9.17) is 0 Å². The summed E-state index contributed by atoms with van der Waals surface area (Å²) in [5, 5.41) is 0.00154. The minimum atomic E-state index is -4.82. The van der Waals surface area contributed by atoms with Gasteiger partial charge in [0.25, 0.3) is 5.91 Å². The van der Waals surface area contributed by atoms with Gasteiger partial charge in [-0.2, -0.15) is 4.99 Å². The summed E-state index contributed by atoms with van der Waals surface area (Å²) in [7, 11) is -3.26. The molecule has 4 rings (SSSR count). The smallest absolute Gasteiger partial charge is 0.406 e. The Balaban J connectivity index is 1.67. The Hall–Kier alpha value is -2.53. The summed E-state index contributed by atoms with van der Waals surface area (Å²) in [6.07, 6.45) is -4.82. The lowest BCUT2D eigenvalue weighted by Crippen LogP contribution is -2.37. The summed E-state index contributed by atoms with van der Waals surface area (Å²) in [6.45, 7) is 0. The van der Waals surface area contributed by atoms with E-state index in [1.165, 1.54) is 23.9 Å². The molecule has 2 aliphatic rings. The molecule has 2 aliphatic heterocycles. The number of thioether (sulfide) groups is 1. The van der Waals surface area contributed by atoms with E-state index in [2.05, 4.69) is 9.73 Å². The number of carbonyl (C=O) groups excluding carboxylic acids is 1. The molecular formula is C19H15F3N2O4S2. The number of amides is 1. The van der Waals surface area contributed by atoms with E-state index in [-0.39, 0.29) is 16.8 Å². The van der Waals surface area contributed by atoms with Crippen molar-refractivity contribution in [3.05, 3.63) is 60.2 Å². The summed E-state index contributed by atoms with van der Waals surface area (Å²) in [6, 6.07) is 13.0. The predicted molar refractivity (Wildman–Crippen MR) is 108 cm³/mol. The van der Waals surface area contributed by atoms with Crippen LogP contribution in [0.2, 0.25) is 0 Å². The van der Waals surface area contributed by atoms with E-state index in [0.29, 0.717) is 16.4 Å². The Labute approximate surface area is 174 Å². The molecule has 0 aromatic heterocycles. The van der Waals surface area contributed by atoms with E-state index < -0.39 is 33.9 Å². The van der Waals surface area contributed by atoms with Gasteiger partial charge in [-0.1, -0.05) is 30.0 Å². The molecular weight excluding hydrogens is 441 g/mol. The van der Waals surface area contributed by atoms with E-state index >= 15 is 0 Å². The third-order valence-electron chi connectivity index (χ3n) is 4.63. The standard InChI is InChI=1S/C19H15F3N2O4S2/c20-19(21,22)28-14-8-6-13(7-9-14)24-15-10-30(26,27)11-16(15)29-18(24)23-17(25)12-4-2-1-3-5-12/h1-9,15-16H,10-11H2/t15-,16+/m1/s1. The molecule has 0 saturated carbocycles. The number of anilines is 1. The van der Waals surface area contributed by atoms with Crippen LogP contribution in [0.4, 0.5) is 18.9 Å². The zero-order valence-corrected chi connectivity index (χ0v) is 16.9. The van der Waals surface area contributed by atoms with Gasteiger partial charge in [-0.15, -0.1) is 13.2 Å². The molecule has 0 radical (unpaired) electrons. The Bertz CT molecular complexity index is 1090. The van der Waals surface area contributed by atoms with Crippen molar-refractivity contribution >= 4 is 38.4 Å². The highest BCUT2D eigenvalue weighted by atomic mass is 32.2. The third kappa shape index (κ3) is 4.46. The normalized spacial score (nSPS) is 24.1. The van der Waals surface area contributed by atoms with Gasteiger partial charge in [0.1, 0.15) is 5.75 Å². The molecule has 2 aromatic rings. The van der Waals surface area contributed by atoms with Crippen LogP contribution in [0.5, 0.6) is 5.75 Å². The van der Waals surface area contributed by atoms with Crippen molar-refractivity contribution in [2.24, 2.45) is 4.99 Å². The summed E-state index contributed by atoms with van der Waals surface area (Å²) in [5.74, 6) is -1.05. The number of benzene rings is 2. The van der Waals surface area contributed by atoms with Gasteiger partial charge in [-0.05, 0) is 36.4 Å². The first-order valence-electron chi connectivity index (χ1n) is 8.81. The Morgan fingerprint density at radius 3 is 2.37 bits per heavy atom. The number of alkyl halides is 3. The second-order valence-corrected chi connectivity index (χ2v) is 10.1. The van der Waals surface area contributed by atoms with Crippen LogP contribution >= 0.6 is 11.8 Å². The first kappa shape index (κ1) is 20.7. The first-order valence-corrected chi connectivity index (χ1v) is 11.5. The molecule has 30 heavy (non-hydrogen) atoms. The number of sulfone groups is 1. The third-order valence-corrected chi connectivity index (χ3v) is 7.84. The van der Waals surface area contributed by atoms with Crippen LogP contribution in [0.15, 0.2) is 59.6 Å². The zero-order valence-electron chi connectivity index (χ0n) is 15.2. The van der Waals surface area contributed by atoms with Crippen LogP contribution in [0.3, 0.4) is 0 Å². The summed E-state index contributed by atoms with van der Waals surface area (Å²) < 4.78 is 65.3. The van der Waals surface area contributed by atoms with Gasteiger partial charge in [0.2, 0.25) is 0 Å². The average Bonchev–Trinajstić information content (AvgIpc) is 3.13. The number of hydrogen-bond acceptors (Lipinski definition) is 5. The maximum atomic E-state index is 12.5. The van der Waals surface area contributed by atoms with Gasteiger partial charge in [-0.25, -0.2) is 8.42 Å². The molecule has 2 aromatic carbocycles. The Kier molecular flexibility index (Phi) is 5.27. The average molecular weight is 456 g/mol. The van der Waals surface area contributed by atoms with Crippen molar-refractivity contribution in [3.8, 4) is 5.75 Å². The largest absolute Gasteiger partial charge is 0.573 e. The van der Waals surface area contributed by atoms with E-state index in [1.54, 1.807) is 35.2 Å². The zero-order chi connectivity index (χ0) is 21.5. The maximum absolute atomic E-state index is 12.5. The maximum Gasteiger partial charge on any atom is 0.573 e. The minimum absolute atomic E-state index is 0.0490. The van der Waals surface area contributed by atoms with Crippen LogP contribution in [-0.4, -0.2) is 48.7 Å². The first-order chi connectivity index (χ1) is 14.1. The number of halogens is 3. The summed E-state index contributed by atoms with van der Waals surface area (Å²) in [4.78, 5) is 18.3. The number of nitrogens with zero attached hydrogens (tertiary/aromatic N) is 2. The highest BCUT2D eigenvalue weighted by Gasteiger charge is 2.49. The van der Waals surface area contributed by atoms with Crippen molar-refractivity contribution in [2.75, 3.05) is 16.4 Å². The SMILES string of the molecule is O=C(N=C1S[C@H]2CS(=O)(=O)C[C@H]2N1c1ccc(OC(F)(F)F)cc1)c1ccccc1. The van der Waals surface area contributed by atoms with Gasteiger partial charge in [0.05, 0.1) is 17.5 Å². The molecule has 158 valence electrons. The lowest BCUT2D eigenvalue weighted by molar-refractivity contribution is -0.274. The lowest BCUT2D eigenvalue weighted by Gasteiger charge is -2.24. The molecule has 6 nitrogen and oxygen atoms in total. The van der Waals surface area contributed by atoms with E-state index in [1.807, 2.05) is 0 Å². The van der Waals surface area contributed by atoms with Crippen LogP contribution in [0.1, 0.15) is 10.4 Å². The number of amidine groups is 1. The second kappa shape index (κ2) is 7.62. The topological polar surface area (TPSA) is 76.0 Å². The number of fused-ring (bicyclic) bond motifs is 1. The van der Waals surface area contributed by atoms with Gasteiger partial charge >= 0.3 is 6.36 Å². The summed E-state index contributed by atoms with van der Waals surface area (Å²) >= 11 is 1.19. The van der Waals surface area contributed by atoms with Crippen molar-refractivity contribution in [3.63, 3.8) is 0 Å². The predicted octanol–water partition coefficient (Wildman–Crippen LogP) is 3.50. The van der Waals surface area contributed by atoms with Gasteiger partial charge < -0.3 is 9.64 Å². The fourth-order valence-corrected chi connectivity index (χ4v) is 7.32. The van der Waals surface area contributed by atoms with Crippen LogP contribution in [-0.2, 0) is 9.84 Å². The summed E-state index contributed by atoms with van der Waals surface area (Å²) in [5.41, 5.74) is 0.811. The Morgan fingerprint density at radius 2 is 1.73 bits per heavy atom. The number of hydrogen-bond donors (Lipinski definition) is 0. The number of aliphatic imine (C=N–C) groups is 1. The number of ether oxygens (including phenoxy) is 1. The van der Waals surface area contributed by atoms with Gasteiger partial charge in [-0.3, -0.25) is 4.79 Å². The van der Waals surface area contributed by atoms with Crippen molar-refractivity contribution in [2.45, 2.75) is 17.7 Å². The van der Waals surface area contributed by atoms with E-state index in [9.17, 15) is 26.4 Å². The molecule has 2 heterocycles. The monoisotopic (exact) mass is 456 g/mol. The van der Waals surface area contributed by atoms with Crippen molar-refractivity contribution < 1.29 is 31.1 Å². The molecule has 2 atom stereocenters. The van der Waals surface area contributed by atoms with E-state index in [0.717, 1.165) is 12.1 Å². The molecule has 11 heteroatoms. The minimum Gasteiger partial charge on any atom is -0.406 e.